The van der Waals surface area contributed by atoms with Crippen molar-refractivity contribution in [3.63, 3.8) is 0 Å². The van der Waals surface area contributed by atoms with Crippen LogP contribution in [0.25, 0.3) is 0 Å². The molecule has 0 aromatic heterocycles. The summed E-state index contributed by atoms with van der Waals surface area (Å²) in [7, 11) is 1.71. The Hall–Kier alpha value is -0.160. The third-order valence-corrected chi connectivity index (χ3v) is 4.66. The fraction of sp³-hybridized carbons (Fsp3) is 1.00. The molecule has 1 aliphatic rings. The summed E-state index contributed by atoms with van der Waals surface area (Å²) >= 11 is 0. The van der Waals surface area contributed by atoms with Crippen molar-refractivity contribution < 1.29 is 9.47 Å². The van der Waals surface area contributed by atoms with Crippen molar-refractivity contribution in [2.24, 2.45) is 5.41 Å². The summed E-state index contributed by atoms with van der Waals surface area (Å²) in [5.74, 6) is 0. The van der Waals surface area contributed by atoms with Crippen molar-refractivity contribution in [1.82, 2.24) is 10.2 Å². The standard InChI is InChI=1S/C17H36N2O2/c1-7-17(5)14-19(9-8-10-21-12-11-20-6)15(13-18-17)16(2,3)4/h15,18H,7-14H2,1-6H3. The van der Waals surface area contributed by atoms with E-state index in [9.17, 15) is 0 Å². The second-order valence-corrected chi connectivity index (χ2v) is 7.61. The van der Waals surface area contributed by atoms with Gasteiger partial charge in [-0.2, -0.15) is 0 Å². The van der Waals surface area contributed by atoms with Gasteiger partial charge in [-0.05, 0) is 25.2 Å². The number of rotatable bonds is 8. The predicted molar refractivity (Wildman–Crippen MR) is 88.8 cm³/mol. The van der Waals surface area contributed by atoms with Crippen molar-refractivity contribution >= 4 is 0 Å². The van der Waals surface area contributed by atoms with Crippen LogP contribution in [0.2, 0.25) is 0 Å². The lowest BCUT2D eigenvalue weighted by Gasteiger charge is -2.50. The van der Waals surface area contributed by atoms with Crippen molar-refractivity contribution in [2.45, 2.75) is 59.0 Å². The first-order valence-electron chi connectivity index (χ1n) is 8.38. The molecule has 2 unspecified atom stereocenters. The Morgan fingerprint density at radius 1 is 1.24 bits per heavy atom. The molecule has 2 atom stereocenters. The van der Waals surface area contributed by atoms with E-state index < -0.39 is 0 Å². The van der Waals surface area contributed by atoms with Crippen molar-refractivity contribution in [1.29, 1.82) is 0 Å². The molecule has 1 heterocycles. The van der Waals surface area contributed by atoms with Crippen LogP contribution in [-0.2, 0) is 9.47 Å². The number of piperazine rings is 1. The van der Waals surface area contributed by atoms with Gasteiger partial charge in [-0.15, -0.1) is 0 Å². The Bertz CT molecular complexity index is 291. The van der Waals surface area contributed by atoms with Gasteiger partial charge in [0.15, 0.2) is 0 Å². The fourth-order valence-electron chi connectivity index (χ4n) is 3.03. The zero-order valence-electron chi connectivity index (χ0n) is 15.0. The van der Waals surface area contributed by atoms with E-state index >= 15 is 0 Å². The summed E-state index contributed by atoms with van der Waals surface area (Å²) in [5, 5.41) is 3.76. The first-order valence-corrected chi connectivity index (χ1v) is 8.38. The number of nitrogens with one attached hydrogen (secondary N) is 1. The normalized spacial score (nSPS) is 28.0. The van der Waals surface area contributed by atoms with E-state index in [-0.39, 0.29) is 5.54 Å². The van der Waals surface area contributed by atoms with Gasteiger partial charge in [-0.3, -0.25) is 4.90 Å². The Morgan fingerprint density at radius 3 is 2.52 bits per heavy atom. The van der Waals surface area contributed by atoms with Gasteiger partial charge in [0.1, 0.15) is 0 Å². The lowest BCUT2D eigenvalue weighted by molar-refractivity contribution is 0.0147. The number of hydrogen-bond donors (Lipinski definition) is 1. The molecule has 1 rings (SSSR count). The predicted octanol–water partition coefficient (Wildman–Crippen LogP) is 2.53. The Morgan fingerprint density at radius 2 is 1.95 bits per heavy atom. The summed E-state index contributed by atoms with van der Waals surface area (Å²) < 4.78 is 10.6. The zero-order valence-corrected chi connectivity index (χ0v) is 15.0. The molecule has 0 radical (unpaired) electrons. The second-order valence-electron chi connectivity index (χ2n) is 7.61. The Kier molecular flexibility index (Phi) is 7.62. The molecule has 0 aromatic rings. The van der Waals surface area contributed by atoms with E-state index in [1.807, 2.05) is 0 Å². The zero-order chi connectivity index (χ0) is 15.9. The summed E-state index contributed by atoms with van der Waals surface area (Å²) in [6.07, 6.45) is 2.26. The maximum atomic E-state index is 5.60. The largest absolute Gasteiger partial charge is 0.382 e. The molecule has 0 spiro atoms. The molecular weight excluding hydrogens is 264 g/mol. The first kappa shape index (κ1) is 18.9. The smallest absolute Gasteiger partial charge is 0.0700 e. The van der Waals surface area contributed by atoms with Crippen LogP contribution in [0.5, 0.6) is 0 Å². The van der Waals surface area contributed by atoms with E-state index in [2.05, 4.69) is 44.8 Å². The molecule has 0 saturated carbocycles. The fourth-order valence-corrected chi connectivity index (χ4v) is 3.03. The van der Waals surface area contributed by atoms with E-state index in [0.717, 1.165) is 32.7 Å². The minimum absolute atomic E-state index is 0.249. The summed E-state index contributed by atoms with van der Waals surface area (Å²) in [6.45, 7) is 17.2. The number of hydrogen-bond acceptors (Lipinski definition) is 4. The van der Waals surface area contributed by atoms with Crippen LogP contribution in [0, 0.1) is 5.41 Å². The minimum atomic E-state index is 0.249. The molecule has 0 amide bonds. The van der Waals surface area contributed by atoms with Crippen molar-refractivity contribution in [3.05, 3.63) is 0 Å². The van der Waals surface area contributed by atoms with E-state index in [4.69, 9.17) is 9.47 Å². The molecule has 4 nitrogen and oxygen atoms in total. The lowest BCUT2D eigenvalue weighted by atomic mass is 9.81. The van der Waals surface area contributed by atoms with Gasteiger partial charge in [0.2, 0.25) is 0 Å². The summed E-state index contributed by atoms with van der Waals surface area (Å²) in [4.78, 5) is 2.67. The molecule has 1 fully saturated rings. The molecule has 21 heavy (non-hydrogen) atoms. The summed E-state index contributed by atoms with van der Waals surface area (Å²) in [5.41, 5.74) is 0.553. The molecule has 0 bridgehead atoms. The average molecular weight is 300 g/mol. The Labute approximate surface area is 131 Å². The highest BCUT2D eigenvalue weighted by Gasteiger charge is 2.39. The van der Waals surface area contributed by atoms with Gasteiger partial charge in [0.05, 0.1) is 13.2 Å². The maximum Gasteiger partial charge on any atom is 0.0700 e. The highest BCUT2D eigenvalue weighted by molar-refractivity contribution is 4.98. The minimum Gasteiger partial charge on any atom is -0.382 e. The van der Waals surface area contributed by atoms with Crippen LogP contribution in [0.15, 0.2) is 0 Å². The monoisotopic (exact) mass is 300 g/mol. The van der Waals surface area contributed by atoms with Crippen LogP contribution in [0.1, 0.15) is 47.5 Å². The SMILES string of the molecule is CCC1(C)CN(CCCOCCOC)C(C(C)(C)C)CN1. The van der Waals surface area contributed by atoms with Gasteiger partial charge in [0.25, 0.3) is 0 Å². The molecule has 0 aromatic carbocycles. The van der Waals surface area contributed by atoms with Gasteiger partial charge < -0.3 is 14.8 Å². The molecule has 1 aliphatic heterocycles. The Balaban J connectivity index is 2.47. The highest BCUT2D eigenvalue weighted by atomic mass is 16.5. The van der Waals surface area contributed by atoms with Crippen LogP contribution in [0.4, 0.5) is 0 Å². The number of ether oxygens (including phenoxy) is 2. The van der Waals surface area contributed by atoms with E-state index in [1.54, 1.807) is 7.11 Å². The topological polar surface area (TPSA) is 33.7 Å². The van der Waals surface area contributed by atoms with Crippen molar-refractivity contribution in [2.75, 3.05) is 46.6 Å². The van der Waals surface area contributed by atoms with E-state index in [1.165, 1.54) is 6.42 Å². The molecule has 126 valence electrons. The highest BCUT2D eigenvalue weighted by Crippen LogP contribution is 2.29. The third-order valence-electron chi connectivity index (χ3n) is 4.66. The second kappa shape index (κ2) is 8.47. The van der Waals surface area contributed by atoms with E-state index in [0.29, 0.717) is 24.7 Å². The van der Waals surface area contributed by atoms with Crippen LogP contribution < -0.4 is 5.32 Å². The lowest BCUT2D eigenvalue weighted by Crippen LogP contribution is -2.65. The van der Waals surface area contributed by atoms with Gasteiger partial charge in [0, 0.05) is 44.9 Å². The van der Waals surface area contributed by atoms with Crippen molar-refractivity contribution in [3.8, 4) is 0 Å². The van der Waals surface area contributed by atoms with Gasteiger partial charge >= 0.3 is 0 Å². The summed E-state index contributed by atoms with van der Waals surface area (Å²) in [6, 6.07) is 0.594. The molecule has 1 saturated heterocycles. The van der Waals surface area contributed by atoms with Crippen LogP contribution in [0.3, 0.4) is 0 Å². The first-order chi connectivity index (χ1) is 9.82. The average Bonchev–Trinajstić information content (AvgIpc) is 2.41. The van der Waals surface area contributed by atoms with Crippen LogP contribution in [-0.4, -0.2) is 63.0 Å². The van der Waals surface area contributed by atoms with Gasteiger partial charge in [-0.1, -0.05) is 27.7 Å². The molecular formula is C17H36N2O2. The maximum absolute atomic E-state index is 5.60. The van der Waals surface area contributed by atoms with Gasteiger partial charge in [-0.25, -0.2) is 0 Å². The number of methoxy groups -OCH3 is 1. The molecule has 0 aliphatic carbocycles. The number of nitrogens with zero attached hydrogens (tertiary/aromatic N) is 1. The molecule has 1 N–H and O–H groups in total. The molecule has 4 heteroatoms. The third kappa shape index (κ3) is 6.23. The van der Waals surface area contributed by atoms with Crippen LogP contribution >= 0.6 is 0 Å². The quantitative estimate of drug-likeness (QED) is 0.699.